The number of anilines is 1. The fourth-order valence-electron chi connectivity index (χ4n) is 1.90. The molecule has 0 aliphatic rings. The summed E-state index contributed by atoms with van der Waals surface area (Å²) in [6, 6.07) is 7.99. The van der Waals surface area contributed by atoms with Gasteiger partial charge in [0.2, 0.25) is 0 Å². The van der Waals surface area contributed by atoms with Crippen LogP contribution in [0.5, 0.6) is 0 Å². The van der Waals surface area contributed by atoms with Crippen molar-refractivity contribution in [2.45, 2.75) is 25.9 Å². The number of aromatic nitrogens is 2. The molecule has 0 atom stereocenters. The van der Waals surface area contributed by atoms with Gasteiger partial charge in [0.15, 0.2) is 5.69 Å². The van der Waals surface area contributed by atoms with Gasteiger partial charge in [-0.25, -0.2) is 4.68 Å². The normalized spacial score (nSPS) is 12.1. The van der Waals surface area contributed by atoms with Gasteiger partial charge in [0, 0.05) is 6.07 Å². The van der Waals surface area contributed by atoms with Crippen molar-refractivity contribution in [3.8, 4) is 5.69 Å². The van der Waals surface area contributed by atoms with Crippen LogP contribution in [0.1, 0.15) is 31.0 Å². The number of nitrogens with two attached hydrogens (primary N) is 1. The van der Waals surface area contributed by atoms with Crippen molar-refractivity contribution in [2.24, 2.45) is 0 Å². The Hall–Kier alpha value is -1.98. The largest absolute Gasteiger partial charge is 0.435 e. The highest BCUT2D eigenvalue weighted by atomic mass is 19.4. The predicted octanol–water partition coefficient (Wildman–Crippen LogP) is 3.60. The van der Waals surface area contributed by atoms with Gasteiger partial charge in [-0.2, -0.15) is 18.3 Å². The molecular formula is C13H14F3N3. The number of hydrogen-bond donors (Lipinski definition) is 1. The molecule has 0 bridgehead atoms. The summed E-state index contributed by atoms with van der Waals surface area (Å²) in [6.07, 6.45) is -4.49. The highest BCUT2D eigenvalue weighted by molar-refractivity contribution is 5.49. The van der Waals surface area contributed by atoms with Crippen LogP contribution in [0.4, 0.5) is 19.0 Å². The lowest BCUT2D eigenvalue weighted by atomic mass is 10.0. The quantitative estimate of drug-likeness (QED) is 0.905. The van der Waals surface area contributed by atoms with E-state index in [1.54, 1.807) is 12.1 Å². The maximum atomic E-state index is 12.6. The number of hydrogen-bond acceptors (Lipinski definition) is 2. The molecule has 0 aliphatic carbocycles. The Morgan fingerprint density at radius 3 is 2.37 bits per heavy atom. The van der Waals surface area contributed by atoms with E-state index in [-0.39, 0.29) is 11.7 Å². The van der Waals surface area contributed by atoms with Crippen LogP contribution >= 0.6 is 0 Å². The number of halogens is 3. The van der Waals surface area contributed by atoms with E-state index >= 15 is 0 Å². The second kappa shape index (κ2) is 4.60. The van der Waals surface area contributed by atoms with Gasteiger partial charge in [0.25, 0.3) is 0 Å². The van der Waals surface area contributed by atoms with Crippen molar-refractivity contribution >= 4 is 5.82 Å². The molecule has 0 aliphatic heterocycles. The van der Waals surface area contributed by atoms with Gasteiger partial charge in [-0.15, -0.1) is 0 Å². The summed E-state index contributed by atoms with van der Waals surface area (Å²) in [4.78, 5) is 0. The van der Waals surface area contributed by atoms with Gasteiger partial charge >= 0.3 is 6.18 Å². The molecule has 0 radical (unpaired) electrons. The Morgan fingerprint density at radius 1 is 1.21 bits per heavy atom. The Balaban J connectivity index is 2.57. The minimum atomic E-state index is -4.49. The molecule has 19 heavy (non-hydrogen) atoms. The highest BCUT2D eigenvalue weighted by Gasteiger charge is 2.35. The molecule has 2 N–H and O–H groups in total. The molecule has 3 nitrogen and oxygen atoms in total. The Bertz CT molecular complexity index is 585. The van der Waals surface area contributed by atoms with Gasteiger partial charge in [-0.3, -0.25) is 0 Å². The van der Waals surface area contributed by atoms with Crippen molar-refractivity contribution < 1.29 is 13.2 Å². The first-order chi connectivity index (χ1) is 8.80. The Kier molecular flexibility index (Phi) is 3.26. The third-order valence-electron chi connectivity index (χ3n) is 2.81. The summed E-state index contributed by atoms with van der Waals surface area (Å²) in [7, 11) is 0. The molecule has 1 aromatic heterocycles. The average molecular weight is 269 g/mol. The van der Waals surface area contributed by atoms with Gasteiger partial charge < -0.3 is 5.73 Å². The molecule has 0 amide bonds. The van der Waals surface area contributed by atoms with Crippen molar-refractivity contribution in [3.63, 3.8) is 0 Å². The van der Waals surface area contributed by atoms with Crippen LogP contribution in [0.3, 0.4) is 0 Å². The van der Waals surface area contributed by atoms with Crippen LogP contribution in [0.25, 0.3) is 5.69 Å². The number of rotatable bonds is 2. The van der Waals surface area contributed by atoms with Gasteiger partial charge in [-0.05, 0) is 17.5 Å². The number of nitrogen functional groups attached to an aromatic ring is 1. The number of para-hydroxylation sites is 1. The summed E-state index contributed by atoms with van der Waals surface area (Å²) in [6.45, 7) is 3.92. The smallest absolute Gasteiger partial charge is 0.384 e. The van der Waals surface area contributed by atoms with Crippen LogP contribution in [-0.4, -0.2) is 9.78 Å². The van der Waals surface area contributed by atoms with E-state index in [0.717, 1.165) is 16.3 Å². The van der Waals surface area contributed by atoms with Crippen molar-refractivity contribution in [1.29, 1.82) is 0 Å². The van der Waals surface area contributed by atoms with E-state index in [2.05, 4.69) is 5.10 Å². The van der Waals surface area contributed by atoms with Crippen LogP contribution < -0.4 is 5.73 Å². The van der Waals surface area contributed by atoms with Crippen molar-refractivity contribution in [3.05, 3.63) is 41.6 Å². The van der Waals surface area contributed by atoms with Crippen molar-refractivity contribution in [2.75, 3.05) is 5.73 Å². The first-order valence-electron chi connectivity index (χ1n) is 5.82. The fraction of sp³-hybridized carbons (Fsp3) is 0.308. The maximum absolute atomic E-state index is 12.6. The Morgan fingerprint density at radius 2 is 1.84 bits per heavy atom. The van der Waals surface area contributed by atoms with Gasteiger partial charge in [0.05, 0.1) is 5.69 Å². The lowest BCUT2D eigenvalue weighted by molar-refractivity contribution is -0.141. The topological polar surface area (TPSA) is 43.8 Å². The lowest BCUT2D eigenvalue weighted by Gasteiger charge is -2.13. The van der Waals surface area contributed by atoms with Crippen LogP contribution in [-0.2, 0) is 6.18 Å². The van der Waals surface area contributed by atoms with E-state index < -0.39 is 11.9 Å². The number of benzene rings is 1. The molecule has 0 saturated carbocycles. The van der Waals surface area contributed by atoms with Gasteiger partial charge in [0.1, 0.15) is 5.82 Å². The summed E-state index contributed by atoms with van der Waals surface area (Å²) in [5.74, 6) is 0.134. The summed E-state index contributed by atoms with van der Waals surface area (Å²) in [5, 5.41) is 3.56. The van der Waals surface area contributed by atoms with Crippen molar-refractivity contribution in [1.82, 2.24) is 9.78 Å². The molecular weight excluding hydrogens is 255 g/mol. The number of alkyl halides is 3. The summed E-state index contributed by atoms with van der Waals surface area (Å²) < 4.78 is 39.0. The van der Waals surface area contributed by atoms with E-state index in [1.807, 2.05) is 26.0 Å². The molecule has 6 heteroatoms. The molecule has 1 heterocycles. The van der Waals surface area contributed by atoms with E-state index in [1.165, 1.54) is 0 Å². The number of nitrogens with zero attached hydrogens (tertiary/aromatic N) is 2. The molecule has 102 valence electrons. The standard InChI is InChI=1S/C13H14F3N3/c1-8(2)9-5-3-4-6-10(9)19-12(17)7-11(18-19)13(14,15)16/h3-8H,17H2,1-2H3. The molecule has 1 aromatic carbocycles. The second-order valence-electron chi connectivity index (χ2n) is 4.58. The monoisotopic (exact) mass is 269 g/mol. The fourth-order valence-corrected chi connectivity index (χ4v) is 1.90. The summed E-state index contributed by atoms with van der Waals surface area (Å²) >= 11 is 0. The van der Waals surface area contributed by atoms with Crippen LogP contribution in [0.2, 0.25) is 0 Å². The van der Waals surface area contributed by atoms with Crippen LogP contribution in [0, 0.1) is 0 Å². The minimum absolute atomic E-state index is 0.0274. The zero-order valence-corrected chi connectivity index (χ0v) is 10.6. The average Bonchev–Trinajstić information content (AvgIpc) is 2.71. The second-order valence-corrected chi connectivity index (χ2v) is 4.58. The molecule has 0 unspecified atom stereocenters. The lowest BCUT2D eigenvalue weighted by Crippen LogP contribution is -2.09. The zero-order chi connectivity index (χ0) is 14.2. The highest BCUT2D eigenvalue weighted by Crippen LogP contribution is 2.31. The first kappa shape index (κ1) is 13.5. The SMILES string of the molecule is CC(C)c1ccccc1-n1nc(C(F)(F)F)cc1N. The molecule has 2 aromatic rings. The maximum Gasteiger partial charge on any atom is 0.435 e. The van der Waals surface area contributed by atoms with Crippen LogP contribution in [0.15, 0.2) is 30.3 Å². The molecule has 2 rings (SSSR count). The van der Waals surface area contributed by atoms with E-state index in [9.17, 15) is 13.2 Å². The molecule has 0 saturated heterocycles. The Labute approximate surface area is 108 Å². The first-order valence-corrected chi connectivity index (χ1v) is 5.82. The predicted molar refractivity (Wildman–Crippen MR) is 67.1 cm³/mol. The van der Waals surface area contributed by atoms with E-state index in [0.29, 0.717) is 5.69 Å². The zero-order valence-electron chi connectivity index (χ0n) is 10.6. The summed E-state index contributed by atoms with van der Waals surface area (Å²) in [5.41, 5.74) is 6.13. The minimum Gasteiger partial charge on any atom is -0.384 e. The third kappa shape index (κ3) is 2.57. The third-order valence-corrected chi connectivity index (χ3v) is 2.81. The molecule has 0 spiro atoms. The van der Waals surface area contributed by atoms with E-state index in [4.69, 9.17) is 5.73 Å². The molecule has 0 fully saturated rings. The van der Waals surface area contributed by atoms with Gasteiger partial charge in [-0.1, -0.05) is 32.0 Å².